The lowest BCUT2D eigenvalue weighted by atomic mass is 10.0. The molecule has 40 heavy (non-hydrogen) atoms. The first-order valence-corrected chi connectivity index (χ1v) is 13.3. The first-order chi connectivity index (χ1) is 19.4. The Morgan fingerprint density at radius 2 is 1.52 bits per heavy atom. The van der Waals surface area contributed by atoms with Gasteiger partial charge in [0.2, 0.25) is 0 Å². The summed E-state index contributed by atoms with van der Waals surface area (Å²) in [5.41, 5.74) is 3.11. The normalized spacial score (nSPS) is 14.5. The van der Waals surface area contributed by atoms with Crippen LogP contribution in [0.3, 0.4) is 0 Å². The van der Waals surface area contributed by atoms with Gasteiger partial charge in [0, 0.05) is 5.56 Å². The number of imide groups is 2. The quantitative estimate of drug-likeness (QED) is 0.149. The lowest BCUT2D eigenvalue weighted by Crippen LogP contribution is -2.54. The van der Waals surface area contributed by atoms with Crippen molar-refractivity contribution in [2.75, 3.05) is 11.5 Å². The van der Waals surface area contributed by atoms with E-state index in [1.54, 1.807) is 48.5 Å². The number of anilines is 1. The van der Waals surface area contributed by atoms with Gasteiger partial charge in [-0.1, -0.05) is 61.9 Å². The fraction of sp³-hybridized carbons (Fsp3) is 0.182. The lowest BCUT2D eigenvalue weighted by Gasteiger charge is -2.26. The molecule has 7 heteroatoms. The summed E-state index contributed by atoms with van der Waals surface area (Å²) in [7, 11) is 0. The van der Waals surface area contributed by atoms with Gasteiger partial charge in [0.15, 0.2) is 0 Å². The molecule has 0 aromatic heterocycles. The van der Waals surface area contributed by atoms with E-state index in [1.165, 1.54) is 6.08 Å². The van der Waals surface area contributed by atoms with Crippen molar-refractivity contribution >= 4 is 40.4 Å². The molecule has 7 nitrogen and oxygen atoms in total. The minimum atomic E-state index is -0.792. The average Bonchev–Trinajstić information content (AvgIpc) is 2.96. The maximum absolute atomic E-state index is 13.2. The van der Waals surface area contributed by atoms with E-state index in [1.807, 2.05) is 12.1 Å². The third-order valence-corrected chi connectivity index (χ3v) is 6.81. The molecule has 0 unspecified atom stereocenters. The van der Waals surface area contributed by atoms with Gasteiger partial charge in [0.05, 0.1) is 12.3 Å². The molecule has 4 amide bonds. The van der Waals surface area contributed by atoms with Gasteiger partial charge in [0.1, 0.15) is 23.7 Å². The first kappa shape index (κ1) is 26.7. The van der Waals surface area contributed by atoms with E-state index < -0.39 is 17.8 Å². The molecule has 1 aliphatic rings. The van der Waals surface area contributed by atoms with Crippen LogP contribution in [0, 0.1) is 6.92 Å². The van der Waals surface area contributed by atoms with Crippen molar-refractivity contribution in [2.24, 2.45) is 0 Å². The Balaban J connectivity index is 1.30. The van der Waals surface area contributed by atoms with E-state index >= 15 is 0 Å². The largest absolute Gasteiger partial charge is 0.494 e. The summed E-state index contributed by atoms with van der Waals surface area (Å²) in [5, 5.41) is 4.57. The standard InChI is InChI=1S/C33H30N2O5/c1-3-4-19-39-26-17-13-25(14-18-26)35-32(37)29(31(36)34-33(35)38)20-23-10-15-27(16-11-23)40-21-30-22(2)9-12-24-7-5-6-8-28(24)30/h5-18,20H,3-4,19,21H2,1-2H3,(H,34,36,38)/b29-20-. The van der Waals surface area contributed by atoms with Gasteiger partial charge in [-0.3, -0.25) is 14.9 Å². The van der Waals surface area contributed by atoms with Crippen LogP contribution in [0.2, 0.25) is 0 Å². The maximum atomic E-state index is 13.2. The molecular weight excluding hydrogens is 504 g/mol. The molecule has 1 fully saturated rings. The van der Waals surface area contributed by atoms with Crippen molar-refractivity contribution in [1.29, 1.82) is 0 Å². The SMILES string of the molecule is CCCCOc1ccc(N2C(=O)NC(=O)/C(=C/c3ccc(OCc4c(C)ccc5ccccc45)cc3)C2=O)cc1. The minimum Gasteiger partial charge on any atom is -0.494 e. The topological polar surface area (TPSA) is 84.9 Å². The van der Waals surface area contributed by atoms with Crippen LogP contribution >= 0.6 is 0 Å². The zero-order valence-electron chi connectivity index (χ0n) is 22.5. The van der Waals surface area contributed by atoms with Gasteiger partial charge < -0.3 is 9.47 Å². The van der Waals surface area contributed by atoms with Gasteiger partial charge in [-0.15, -0.1) is 0 Å². The van der Waals surface area contributed by atoms with E-state index in [-0.39, 0.29) is 5.57 Å². The summed E-state index contributed by atoms with van der Waals surface area (Å²) in [6.07, 6.45) is 3.42. The number of urea groups is 1. The van der Waals surface area contributed by atoms with Crippen LogP contribution in [0.1, 0.15) is 36.5 Å². The molecule has 4 aromatic carbocycles. The third-order valence-electron chi connectivity index (χ3n) is 6.81. The van der Waals surface area contributed by atoms with Crippen LogP contribution in [-0.2, 0) is 16.2 Å². The van der Waals surface area contributed by atoms with Crippen LogP contribution in [0.4, 0.5) is 10.5 Å². The molecule has 0 bridgehead atoms. The predicted molar refractivity (Wildman–Crippen MR) is 155 cm³/mol. The predicted octanol–water partition coefficient (Wildman–Crippen LogP) is 6.57. The van der Waals surface area contributed by atoms with Gasteiger partial charge in [-0.25, -0.2) is 9.69 Å². The second kappa shape index (κ2) is 11.9. The Hall–Kier alpha value is -4.91. The molecular formula is C33H30N2O5. The molecule has 4 aromatic rings. The van der Waals surface area contributed by atoms with Gasteiger partial charge >= 0.3 is 6.03 Å². The van der Waals surface area contributed by atoms with E-state index in [4.69, 9.17) is 9.47 Å². The molecule has 0 atom stereocenters. The fourth-order valence-electron chi connectivity index (χ4n) is 4.54. The van der Waals surface area contributed by atoms with E-state index in [0.29, 0.717) is 36.0 Å². The zero-order chi connectivity index (χ0) is 28.1. The molecule has 0 aliphatic carbocycles. The average molecular weight is 535 g/mol. The number of unbranched alkanes of at least 4 members (excludes halogenated alkanes) is 1. The molecule has 5 rings (SSSR count). The number of benzene rings is 4. The second-order valence-corrected chi connectivity index (χ2v) is 9.59. The van der Waals surface area contributed by atoms with E-state index in [9.17, 15) is 14.4 Å². The summed E-state index contributed by atoms with van der Waals surface area (Å²) in [6.45, 7) is 5.15. The maximum Gasteiger partial charge on any atom is 0.335 e. The van der Waals surface area contributed by atoms with Gasteiger partial charge in [-0.2, -0.15) is 0 Å². The second-order valence-electron chi connectivity index (χ2n) is 9.59. The highest BCUT2D eigenvalue weighted by Crippen LogP contribution is 2.26. The Labute approximate surface area is 233 Å². The van der Waals surface area contributed by atoms with Crippen molar-refractivity contribution in [2.45, 2.75) is 33.3 Å². The smallest absolute Gasteiger partial charge is 0.335 e. The molecule has 202 valence electrons. The number of carbonyl (C=O) groups excluding carboxylic acids is 3. The highest BCUT2D eigenvalue weighted by molar-refractivity contribution is 6.39. The number of fused-ring (bicyclic) bond motifs is 1. The zero-order valence-corrected chi connectivity index (χ0v) is 22.5. The monoisotopic (exact) mass is 534 g/mol. The Morgan fingerprint density at radius 3 is 2.27 bits per heavy atom. The van der Waals surface area contributed by atoms with Crippen LogP contribution in [-0.4, -0.2) is 24.5 Å². The van der Waals surface area contributed by atoms with Gasteiger partial charge in [0.25, 0.3) is 11.8 Å². The number of aryl methyl sites for hydroxylation is 1. The Kier molecular flexibility index (Phi) is 7.92. The molecule has 0 saturated carbocycles. The van der Waals surface area contributed by atoms with Crippen LogP contribution < -0.4 is 19.7 Å². The molecule has 0 radical (unpaired) electrons. The van der Waals surface area contributed by atoms with Crippen LogP contribution in [0.25, 0.3) is 16.8 Å². The number of hydrogen-bond donors (Lipinski definition) is 1. The third kappa shape index (κ3) is 5.73. The fourth-order valence-corrected chi connectivity index (χ4v) is 4.54. The summed E-state index contributed by atoms with van der Waals surface area (Å²) < 4.78 is 11.7. The number of nitrogens with zero attached hydrogens (tertiary/aromatic N) is 1. The molecule has 1 saturated heterocycles. The van der Waals surface area contributed by atoms with Crippen LogP contribution in [0.5, 0.6) is 11.5 Å². The highest BCUT2D eigenvalue weighted by Gasteiger charge is 2.36. The Bertz CT molecular complexity index is 1590. The molecule has 1 N–H and O–H groups in total. The number of rotatable bonds is 9. The van der Waals surface area contributed by atoms with Crippen molar-refractivity contribution in [1.82, 2.24) is 5.32 Å². The minimum absolute atomic E-state index is 0.136. The number of barbiturate groups is 1. The van der Waals surface area contributed by atoms with E-state index in [0.717, 1.165) is 39.6 Å². The van der Waals surface area contributed by atoms with Crippen molar-refractivity contribution in [3.8, 4) is 11.5 Å². The summed E-state index contributed by atoms with van der Waals surface area (Å²) >= 11 is 0. The summed E-state index contributed by atoms with van der Waals surface area (Å²) in [6, 6.07) is 25.4. The van der Waals surface area contributed by atoms with E-state index in [2.05, 4.69) is 43.4 Å². The number of amides is 4. The Morgan fingerprint density at radius 1 is 0.825 bits per heavy atom. The summed E-state index contributed by atoms with van der Waals surface area (Å²) in [4.78, 5) is 39.3. The first-order valence-electron chi connectivity index (χ1n) is 13.3. The lowest BCUT2D eigenvalue weighted by molar-refractivity contribution is -0.122. The van der Waals surface area contributed by atoms with Crippen molar-refractivity contribution in [3.63, 3.8) is 0 Å². The highest BCUT2D eigenvalue weighted by atomic mass is 16.5. The number of hydrogen-bond acceptors (Lipinski definition) is 5. The number of carbonyl (C=O) groups is 3. The van der Waals surface area contributed by atoms with Gasteiger partial charge in [-0.05, 0) is 77.7 Å². The number of nitrogens with one attached hydrogen (secondary N) is 1. The van der Waals surface area contributed by atoms with Crippen molar-refractivity contribution < 1.29 is 23.9 Å². The number of ether oxygens (including phenoxy) is 2. The van der Waals surface area contributed by atoms with Crippen LogP contribution in [0.15, 0.2) is 90.5 Å². The molecule has 0 spiro atoms. The molecule has 1 aliphatic heterocycles. The summed E-state index contributed by atoms with van der Waals surface area (Å²) in [5.74, 6) is -0.128. The van der Waals surface area contributed by atoms with Crippen molar-refractivity contribution in [3.05, 3.63) is 107 Å². The molecule has 1 heterocycles.